The van der Waals surface area contributed by atoms with E-state index in [1.165, 1.54) is 96.3 Å². The lowest BCUT2D eigenvalue weighted by molar-refractivity contribution is 0.394. The van der Waals surface area contributed by atoms with E-state index in [9.17, 15) is 0 Å². The smallest absolute Gasteiger partial charge is 0.413 e. The molecule has 0 bridgehead atoms. The van der Waals surface area contributed by atoms with E-state index < -0.39 is 7.60 Å². The summed E-state index contributed by atoms with van der Waals surface area (Å²) in [6, 6.07) is 24.4. The van der Waals surface area contributed by atoms with Crippen LogP contribution < -0.4 is 14.4 Å². The van der Waals surface area contributed by atoms with Gasteiger partial charge >= 0.3 is 7.60 Å². The van der Waals surface area contributed by atoms with Crippen molar-refractivity contribution >= 4 is 12.9 Å². The number of hydrogen-bond acceptors (Lipinski definition) is 3. The van der Waals surface area contributed by atoms with Gasteiger partial charge in [-0.3, -0.25) is 0 Å². The Balaban J connectivity index is 1.86. The van der Waals surface area contributed by atoms with Crippen LogP contribution in [0.2, 0.25) is 0 Å². The fraction of sp³-hybridized carbons (Fsp3) is 0.571. The van der Waals surface area contributed by atoms with Gasteiger partial charge in [0.15, 0.2) is 0 Å². The van der Waals surface area contributed by atoms with E-state index in [1.807, 2.05) is 36.4 Å². The van der Waals surface area contributed by atoms with Crippen LogP contribution in [0.5, 0.6) is 11.5 Å². The second kappa shape index (κ2) is 22.9. The molecule has 0 saturated heterocycles. The minimum atomic E-state index is -3.78. The number of unbranched alkanes of at least 4 members (excludes halogenated alkanes) is 15. The van der Waals surface area contributed by atoms with Crippen LogP contribution in [0.1, 0.15) is 153 Å². The number of hydrogen-bond donors (Lipinski definition) is 0. The summed E-state index contributed by atoms with van der Waals surface area (Å²) in [4.78, 5) is 0. The van der Waals surface area contributed by atoms with Crippen molar-refractivity contribution in [1.29, 1.82) is 0 Å². The van der Waals surface area contributed by atoms with Gasteiger partial charge in [-0.2, -0.15) is 0 Å². The monoisotopic (exact) mass is 646 g/mol. The van der Waals surface area contributed by atoms with Gasteiger partial charge in [0.1, 0.15) is 11.5 Å². The van der Waals surface area contributed by atoms with Gasteiger partial charge in [0.2, 0.25) is 0 Å². The molecule has 3 rings (SSSR count). The van der Waals surface area contributed by atoms with Crippen molar-refractivity contribution in [3.8, 4) is 11.5 Å². The largest absolute Gasteiger partial charge is 0.463 e. The van der Waals surface area contributed by atoms with Crippen molar-refractivity contribution < 1.29 is 13.6 Å². The normalized spacial score (nSPS) is 11.5. The predicted octanol–water partition coefficient (Wildman–Crippen LogP) is 13.4. The molecule has 254 valence electrons. The van der Waals surface area contributed by atoms with Crippen molar-refractivity contribution in [2.75, 3.05) is 0 Å². The van der Waals surface area contributed by atoms with E-state index >= 15 is 4.57 Å². The Labute approximate surface area is 282 Å². The lowest BCUT2D eigenvalue weighted by atomic mass is 10.0. The third-order valence-corrected chi connectivity index (χ3v) is 11.0. The minimum Gasteiger partial charge on any atom is -0.413 e. The number of rotatable bonds is 26. The summed E-state index contributed by atoms with van der Waals surface area (Å²) in [5.41, 5.74) is 3.29. The average Bonchev–Trinajstić information content (AvgIpc) is 3.07. The third-order valence-electron chi connectivity index (χ3n) is 9.07. The zero-order valence-electron chi connectivity index (χ0n) is 29.4. The maximum Gasteiger partial charge on any atom is 0.463 e. The molecule has 0 N–H and O–H groups in total. The predicted molar refractivity (Wildman–Crippen MR) is 199 cm³/mol. The van der Waals surface area contributed by atoms with Crippen LogP contribution in [0, 0.1) is 0 Å². The van der Waals surface area contributed by atoms with Crippen LogP contribution in [0.15, 0.2) is 72.8 Å². The van der Waals surface area contributed by atoms with E-state index in [0.717, 1.165) is 55.2 Å². The van der Waals surface area contributed by atoms with Crippen LogP contribution in [0.25, 0.3) is 0 Å². The van der Waals surface area contributed by atoms with Gasteiger partial charge in [-0.15, -0.1) is 0 Å². The van der Waals surface area contributed by atoms with Crippen LogP contribution in [0.4, 0.5) is 0 Å². The molecule has 0 amide bonds. The molecule has 0 heterocycles. The molecule has 0 spiro atoms. The Morgan fingerprint density at radius 1 is 0.413 bits per heavy atom. The summed E-state index contributed by atoms with van der Waals surface area (Å²) in [6.45, 7) is 6.77. The molecule has 0 atom stereocenters. The van der Waals surface area contributed by atoms with Crippen LogP contribution in [-0.4, -0.2) is 0 Å². The Morgan fingerprint density at radius 3 is 1.17 bits per heavy atom. The fourth-order valence-corrected chi connectivity index (χ4v) is 8.17. The molecule has 0 aromatic heterocycles. The standard InChI is InChI=1S/C42H63O3P/c1-4-7-10-13-16-19-28-37-30-22-25-34-40(37)44-46(43,42-36-27-24-33-39(42)32-21-18-15-12-9-6-3)45-41-35-26-23-31-38(41)29-20-17-14-11-8-5-2/h22-27,30-31,33-36H,4-21,28-29,32H2,1-3H3. The van der Waals surface area contributed by atoms with Crippen LogP contribution in [0.3, 0.4) is 0 Å². The van der Waals surface area contributed by atoms with Gasteiger partial charge < -0.3 is 9.05 Å². The summed E-state index contributed by atoms with van der Waals surface area (Å²) < 4.78 is 28.7. The lowest BCUT2D eigenvalue weighted by Gasteiger charge is -2.25. The van der Waals surface area contributed by atoms with E-state index in [-0.39, 0.29) is 0 Å². The first-order chi connectivity index (χ1) is 22.6. The Morgan fingerprint density at radius 2 is 0.739 bits per heavy atom. The van der Waals surface area contributed by atoms with Crippen molar-refractivity contribution in [1.82, 2.24) is 0 Å². The van der Waals surface area contributed by atoms with Crippen molar-refractivity contribution in [3.63, 3.8) is 0 Å². The molecule has 3 nitrogen and oxygen atoms in total. The van der Waals surface area contributed by atoms with Gasteiger partial charge in [0.25, 0.3) is 0 Å². The maximum absolute atomic E-state index is 15.3. The first-order valence-corrected chi connectivity index (χ1v) is 20.4. The van der Waals surface area contributed by atoms with Gasteiger partial charge in [-0.05, 0) is 73.4 Å². The van der Waals surface area contributed by atoms with Crippen molar-refractivity contribution in [2.24, 2.45) is 0 Å². The molecule has 0 unspecified atom stereocenters. The van der Waals surface area contributed by atoms with Crippen LogP contribution in [-0.2, 0) is 23.8 Å². The quantitative estimate of drug-likeness (QED) is 0.0643. The first-order valence-electron chi connectivity index (χ1n) is 18.8. The van der Waals surface area contributed by atoms with Crippen molar-refractivity contribution in [2.45, 2.75) is 156 Å². The van der Waals surface area contributed by atoms with E-state index in [0.29, 0.717) is 16.8 Å². The second-order valence-corrected chi connectivity index (χ2v) is 14.9. The maximum atomic E-state index is 15.3. The van der Waals surface area contributed by atoms with E-state index in [1.54, 1.807) is 0 Å². The average molecular weight is 647 g/mol. The van der Waals surface area contributed by atoms with Gasteiger partial charge in [-0.25, -0.2) is 4.57 Å². The lowest BCUT2D eigenvalue weighted by Crippen LogP contribution is -2.20. The van der Waals surface area contributed by atoms with Crippen molar-refractivity contribution in [3.05, 3.63) is 89.5 Å². The molecule has 0 aliphatic carbocycles. The summed E-state index contributed by atoms with van der Waals surface area (Å²) in [7, 11) is -3.78. The Hall–Kier alpha value is -2.51. The summed E-state index contributed by atoms with van der Waals surface area (Å²) in [5, 5.41) is 0.701. The fourth-order valence-electron chi connectivity index (χ4n) is 6.25. The summed E-state index contributed by atoms with van der Waals surface area (Å²) in [6.07, 6.45) is 24.9. The topological polar surface area (TPSA) is 35.5 Å². The van der Waals surface area contributed by atoms with E-state index in [2.05, 4.69) is 57.2 Å². The minimum absolute atomic E-state index is 0.683. The molecule has 0 saturated carbocycles. The third kappa shape index (κ3) is 13.7. The molecule has 0 fully saturated rings. The zero-order valence-corrected chi connectivity index (χ0v) is 30.3. The number of aryl methyl sites for hydroxylation is 3. The number of para-hydroxylation sites is 2. The Kier molecular flexibility index (Phi) is 18.9. The Bertz CT molecular complexity index is 1200. The van der Waals surface area contributed by atoms with Gasteiger partial charge in [0, 0.05) is 0 Å². The molecule has 0 aliphatic rings. The van der Waals surface area contributed by atoms with Gasteiger partial charge in [0.05, 0.1) is 5.30 Å². The molecule has 0 radical (unpaired) electrons. The molecule has 0 aliphatic heterocycles. The van der Waals surface area contributed by atoms with Crippen LogP contribution >= 0.6 is 7.60 Å². The molecule has 46 heavy (non-hydrogen) atoms. The molecular formula is C42H63O3P. The SMILES string of the molecule is CCCCCCCCc1ccccc1OP(=O)(Oc1ccccc1CCCCCCCC)c1ccccc1CCCCCCCC. The molecular weight excluding hydrogens is 583 g/mol. The first kappa shape index (κ1) is 37.9. The number of benzene rings is 3. The highest BCUT2D eigenvalue weighted by Gasteiger charge is 2.35. The summed E-state index contributed by atoms with van der Waals surface area (Å²) in [5.74, 6) is 1.37. The molecule has 3 aromatic rings. The highest BCUT2D eigenvalue weighted by Crippen LogP contribution is 2.50. The summed E-state index contributed by atoms with van der Waals surface area (Å²) >= 11 is 0. The molecule has 3 aromatic carbocycles. The zero-order chi connectivity index (χ0) is 32.7. The second-order valence-electron chi connectivity index (χ2n) is 13.1. The van der Waals surface area contributed by atoms with Gasteiger partial charge in [-0.1, -0.05) is 172 Å². The van der Waals surface area contributed by atoms with E-state index in [4.69, 9.17) is 9.05 Å². The highest BCUT2D eigenvalue weighted by molar-refractivity contribution is 7.63. The molecule has 4 heteroatoms. The highest BCUT2D eigenvalue weighted by atomic mass is 31.2.